The number of carbonyl (C=O) groups excluding carboxylic acids is 1. The van der Waals surface area contributed by atoms with Gasteiger partial charge in [0.2, 0.25) is 6.08 Å². The zero-order valence-electron chi connectivity index (χ0n) is 12.5. The zero-order valence-corrected chi connectivity index (χ0v) is 13.6. The molecule has 0 saturated carbocycles. The fraction of sp³-hybridized carbons (Fsp3) is 0.923. The van der Waals surface area contributed by atoms with Gasteiger partial charge in [-0.05, 0) is 46.5 Å². The molecule has 0 saturated heterocycles. The van der Waals surface area contributed by atoms with Crippen molar-refractivity contribution in [1.82, 2.24) is 0 Å². The number of hydrogen-bond acceptors (Lipinski definition) is 4. The Bertz CT molecular complexity index is 253. The Morgan fingerprint density at radius 2 is 1.50 bits per heavy atom. The molecule has 5 heteroatoms. The van der Waals surface area contributed by atoms with Gasteiger partial charge in [-0.1, -0.05) is 13.8 Å². The highest BCUT2D eigenvalue weighted by molar-refractivity contribution is 6.46. The molecular weight excluding hydrogens is 246 g/mol. The first kappa shape index (κ1) is 17.5. The van der Waals surface area contributed by atoms with Gasteiger partial charge in [0.15, 0.2) is 0 Å². The van der Waals surface area contributed by atoms with Crippen LogP contribution >= 0.6 is 0 Å². The highest BCUT2D eigenvalue weighted by Gasteiger charge is 2.28. The molecule has 106 valence electrons. The fourth-order valence-electron chi connectivity index (χ4n) is 1.58. The van der Waals surface area contributed by atoms with Crippen molar-refractivity contribution in [1.29, 1.82) is 0 Å². The molecule has 0 radical (unpaired) electrons. The van der Waals surface area contributed by atoms with E-state index in [1.165, 1.54) is 0 Å². The van der Waals surface area contributed by atoms with Crippen LogP contribution in [0, 0.1) is 5.92 Å². The van der Waals surface area contributed by atoms with Crippen LogP contribution < -0.4 is 0 Å². The minimum Gasteiger partial charge on any atom is -0.393 e. The lowest BCUT2D eigenvalue weighted by Crippen LogP contribution is -2.40. The van der Waals surface area contributed by atoms with Crippen LogP contribution in [0.25, 0.3) is 0 Å². The molecule has 0 aromatic carbocycles. The van der Waals surface area contributed by atoms with Crippen LogP contribution in [-0.4, -0.2) is 33.2 Å². The molecule has 18 heavy (non-hydrogen) atoms. The maximum Gasteiger partial charge on any atom is 0.348 e. The highest BCUT2D eigenvalue weighted by Crippen LogP contribution is 2.15. The summed E-state index contributed by atoms with van der Waals surface area (Å²) in [6.07, 6.45) is 3.72. The number of aliphatic imine (C=N–C) groups is 1. The normalized spacial score (nSPS) is 13.4. The Balaban J connectivity index is 4.66. The van der Waals surface area contributed by atoms with E-state index in [0.717, 1.165) is 12.8 Å². The third-order valence-electron chi connectivity index (χ3n) is 2.39. The smallest absolute Gasteiger partial charge is 0.348 e. The molecule has 0 aliphatic heterocycles. The topological polar surface area (TPSA) is 47.9 Å². The number of nitrogens with zero attached hydrogens (tertiary/aromatic N) is 1. The molecule has 0 fully saturated rings. The second-order valence-electron chi connectivity index (χ2n) is 5.50. The van der Waals surface area contributed by atoms with Crippen LogP contribution in [0.3, 0.4) is 0 Å². The van der Waals surface area contributed by atoms with Crippen molar-refractivity contribution in [2.24, 2.45) is 10.9 Å². The van der Waals surface area contributed by atoms with Crippen molar-refractivity contribution >= 4 is 15.4 Å². The molecule has 0 amide bonds. The summed E-state index contributed by atoms with van der Waals surface area (Å²) in [5, 5.41) is 0. The van der Waals surface area contributed by atoms with Crippen molar-refractivity contribution in [2.45, 2.75) is 72.3 Å². The zero-order chi connectivity index (χ0) is 14.1. The number of rotatable bonds is 9. The first-order valence-electron chi connectivity index (χ1n) is 6.74. The van der Waals surface area contributed by atoms with E-state index in [-0.39, 0.29) is 17.9 Å². The van der Waals surface area contributed by atoms with Gasteiger partial charge in [0.1, 0.15) is 5.67 Å². The Kier molecular flexibility index (Phi) is 9.19. The summed E-state index contributed by atoms with van der Waals surface area (Å²) in [7, 11) is -1.97. The van der Waals surface area contributed by atoms with Crippen molar-refractivity contribution in [3.8, 4) is 0 Å². The second kappa shape index (κ2) is 9.45. The Morgan fingerprint density at radius 1 is 1.00 bits per heavy atom. The van der Waals surface area contributed by atoms with Crippen molar-refractivity contribution in [3.63, 3.8) is 0 Å². The molecule has 0 spiro atoms. The van der Waals surface area contributed by atoms with Gasteiger partial charge in [-0.15, -0.1) is 0 Å². The van der Waals surface area contributed by atoms with Crippen LogP contribution in [0.4, 0.5) is 0 Å². The maximum absolute atomic E-state index is 10.6. The van der Waals surface area contributed by atoms with Gasteiger partial charge in [-0.2, -0.15) is 0 Å². The van der Waals surface area contributed by atoms with E-state index in [1.807, 2.05) is 27.7 Å². The summed E-state index contributed by atoms with van der Waals surface area (Å²) in [5.41, 5.74) is -0.130. The molecule has 0 aliphatic carbocycles. The third kappa shape index (κ3) is 8.58. The van der Waals surface area contributed by atoms with Gasteiger partial charge < -0.3 is 8.85 Å². The summed E-state index contributed by atoms with van der Waals surface area (Å²) < 4.78 is 11.7. The van der Waals surface area contributed by atoms with E-state index in [9.17, 15) is 4.79 Å². The summed E-state index contributed by atoms with van der Waals surface area (Å²) in [6, 6.07) is 0. The first-order valence-corrected chi connectivity index (χ1v) is 8.35. The third-order valence-corrected chi connectivity index (χ3v) is 5.12. The Labute approximate surface area is 113 Å². The molecule has 0 N–H and O–H groups in total. The highest BCUT2D eigenvalue weighted by atomic mass is 28.3. The molecule has 0 rings (SSSR count). The SMILES string of the molecule is CC(C)CCC(N=C=O)[SiH](OC(C)C)OC(C)C. The lowest BCUT2D eigenvalue weighted by Gasteiger charge is -2.26. The van der Waals surface area contributed by atoms with Gasteiger partial charge in [-0.3, -0.25) is 0 Å². The number of isocyanates is 1. The first-order chi connectivity index (χ1) is 8.36. The largest absolute Gasteiger partial charge is 0.393 e. The van der Waals surface area contributed by atoms with E-state index in [4.69, 9.17) is 8.85 Å². The number of hydrogen-bond donors (Lipinski definition) is 0. The molecule has 1 unspecified atom stereocenters. The maximum atomic E-state index is 10.6. The van der Waals surface area contributed by atoms with E-state index >= 15 is 0 Å². The Morgan fingerprint density at radius 3 is 1.83 bits per heavy atom. The molecule has 0 bridgehead atoms. The van der Waals surface area contributed by atoms with E-state index in [0.29, 0.717) is 5.92 Å². The average molecular weight is 273 g/mol. The molecule has 0 aliphatic rings. The Hall–Kier alpha value is -0.483. The summed E-state index contributed by atoms with van der Waals surface area (Å²) in [4.78, 5) is 14.5. The monoisotopic (exact) mass is 273 g/mol. The molecule has 0 aromatic heterocycles. The predicted octanol–water partition coefficient (Wildman–Crippen LogP) is 2.74. The molecule has 4 nitrogen and oxygen atoms in total. The molecule has 0 aromatic rings. The quantitative estimate of drug-likeness (QED) is 0.369. The summed E-state index contributed by atoms with van der Waals surface area (Å²) >= 11 is 0. The van der Waals surface area contributed by atoms with Gasteiger partial charge in [-0.25, -0.2) is 9.79 Å². The van der Waals surface area contributed by atoms with Gasteiger partial charge in [0.05, 0.1) is 0 Å². The second-order valence-corrected chi connectivity index (χ2v) is 7.55. The van der Waals surface area contributed by atoms with Gasteiger partial charge in [0.25, 0.3) is 0 Å². The minimum absolute atomic E-state index is 0.101. The van der Waals surface area contributed by atoms with Crippen LogP contribution in [0.1, 0.15) is 54.4 Å². The molecule has 0 heterocycles. The van der Waals surface area contributed by atoms with Crippen molar-refractivity contribution in [3.05, 3.63) is 0 Å². The minimum atomic E-state index is -1.97. The van der Waals surface area contributed by atoms with Crippen LogP contribution in [0.2, 0.25) is 0 Å². The summed E-state index contributed by atoms with van der Waals surface area (Å²) in [6.45, 7) is 12.2. The molecular formula is C13H27NO3Si. The van der Waals surface area contributed by atoms with Crippen LogP contribution in [-0.2, 0) is 13.6 Å². The van der Waals surface area contributed by atoms with Gasteiger partial charge >= 0.3 is 9.28 Å². The lowest BCUT2D eigenvalue weighted by molar-refractivity contribution is 0.122. The predicted molar refractivity (Wildman–Crippen MR) is 75.6 cm³/mol. The van der Waals surface area contributed by atoms with E-state index in [2.05, 4.69) is 18.8 Å². The average Bonchev–Trinajstić information content (AvgIpc) is 2.21. The van der Waals surface area contributed by atoms with Crippen molar-refractivity contribution in [2.75, 3.05) is 0 Å². The fourth-order valence-corrected chi connectivity index (χ4v) is 3.73. The van der Waals surface area contributed by atoms with Crippen LogP contribution in [0.15, 0.2) is 4.99 Å². The van der Waals surface area contributed by atoms with Crippen molar-refractivity contribution < 1.29 is 13.6 Å². The summed E-state index contributed by atoms with van der Waals surface area (Å²) in [5.74, 6) is 0.585. The molecule has 1 atom stereocenters. The van der Waals surface area contributed by atoms with Gasteiger partial charge in [0, 0.05) is 12.2 Å². The van der Waals surface area contributed by atoms with E-state index in [1.54, 1.807) is 6.08 Å². The van der Waals surface area contributed by atoms with Crippen LogP contribution in [0.5, 0.6) is 0 Å². The lowest BCUT2D eigenvalue weighted by atomic mass is 10.1. The van der Waals surface area contributed by atoms with E-state index < -0.39 is 9.28 Å². The standard InChI is InChI=1S/C13H27NO3Si/c1-10(2)7-8-13(14-9-15)18(16-11(3)4)17-12(5)6/h10-13,18H,7-8H2,1-6H3.